The second-order valence-corrected chi connectivity index (χ2v) is 4.60. The van der Waals surface area contributed by atoms with Crippen molar-refractivity contribution in [3.63, 3.8) is 0 Å². The molecule has 2 rings (SSSR count). The number of methoxy groups -OCH3 is 1. The highest BCUT2D eigenvalue weighted by atomic mass is 35.5. The summed E-state index contributed by atoms with van der Waals surface area (Å²) < 4.78 is 5.12. The van der Waals surface area contributed by atoms with Crippen molar-refractivity contribution in [2.24, 2.45) is 5.92 Å². The van der Waals surface area contributed by atoms with Crippen LogP contribution in [0.4, 0.5) is 0 Å². The third kappa shape index (κ3) is 2.72. The second kappa shape index (κ2) is 5.41. The maximum atomic E-state index is 12.2. The van der Waals surface area contributed by atoms with Crippen LogP contribution in [0.5, 0.6) is 5.75 Å². The van der Waals surface area contributed by atoms with Crippen molar-refractivity contribution in [1.82, 2.24) is 4.90 Å². The molecular weight excluding hydrogens is 238 g/mol. The molecule has 92 valence electrons. The zero-order valence-electron chi connectivity index (χ0n) is 9.86. The van der Waals surface area contributed by atoms with Crippen LogP contribution in [0.25, 0.3) is 0 Å². The molecule has 1 aliphatic heterocycles. The van der Waals surface area contributed by atoms with E-state index in [9.17, 15) is 4.79 Å². The van der Waals surface area contributed by atoms with E-state index in [0.717, 1.165) is 19.5 Å². The Morgan fingerprint density at radius 2 is 2.41 bits per heavy atom. The summed E-state index contributed by atoms with van der Waals surface area (Å²) in [5, 5.41) is 0. The van der Waals surface area contributed by atoms with Crippen LogP contribution in [0.15, 0.2) is 24.3 Å². The topological polar surface area (TPSA) is 29.5 Å². The summed E-state index contributed by atoms with van der Waals surface area (Å²) in [6.45, 7) is 1.56. The van der Waals surface area contributed by atoms with E-state index in [1.807, 2.05) is 23.1 Å². The van der Waals surface area contributed by atoms with Gasteiger partial charge in [-0.25, -0.2) is 0 Å². The van der Waals surface area contributed by atoms with Gasteiger partial charge in [0.25, 0.3) is 5.91 Å². The molecule has 1 atom stereocenters. The van der Waals surface area contributed by atoms with Gasteiger partial charge in [-0.15, -0.1) is 11.6 Å². The number of halogens is 1. The maximum absolute atomic E-state index is 12.2. The Hall–Kier alpha value is -1.22. The Bertz CT molecular complexity index is 408. The lowest BCUT2D eigenvalue weighted by atomic mass is 10.1. The third-order valence-corrected chi connectivity index (χ3v) is 3.54. The highest BCUT2D eigenvalue weighted by Crippen LogP contribution is 2.21. The first kappa shape index (κ1) is 12.2. The van der Waals surface area contributed by atoms with Gasteiger partial charge < -0.3 is 9.64 Å². The summed E-state index contributed by atoms with van der Waals surface area (Å²) in [6, 6.07) is 7.26. The Morgan fingerprint density at radius 3 is 3.06 bits per heavy atom. The average molecular weight is 254 g/mol. The molecule has 3 nitrogen and oxygen atoms in total. The van der Waals surface area contributed by atoms with Gasteiger partial charge in [0, 0.05) is 24.5 Å². The number of hydrogen-bond acceptors (Lipinski definition) is 2. The van der Waals surface area contributed by atoms with Crippen molar-refractivity contribution >= 4 is 17.5 Å². The molecule has 1 fully saturated rings. The standard InChI is InChI=1S/C13H16ClNO2/c1-17-12-4-2-3-11(7-12)13(16)15-6-5-10(8-14)9-15/h2-4,7,10H,5-6,8-9H2,1H3. The lowest BCUT2D eigenvalue weighted by Crippen LogP contribution is -2.28. The summed E-state index contributed by atoms with van der Waals surface area (Å²) in [5.41, 5.74) is 0.680. The lowest BCUT2D eigenvalue weighted by molar-refractivity contribution is 0.0788. The van der Waals surface area contributed by atoms with Crippen molar-refractivity contribution in [2.45, 2.75) is 6.42 Å². The van der Waals surface area contributed by atoms with Crippen molar-refractivity contribution in [3.05, 3.63) is 29.8 Å². The SMILES string of the molecule is COc1cccc(C(=O)N2CCC(CCl)C2)c1. The van der Waals surface area contributed by atoms with E-state index in [-0.39, 0.29) is 5.91 Å². The Labute approximate surface area is 106 Å². The van der Waals surface area contributed by atoms with Gasteiger partial charge in [-0.2, -0.15) is 0 Å². The van der Waals surface area contributed by atoms with E-state index in [1.54, 1.807) is 13.2 Å². The van der Waals surface area contributed by atoms with E-state index in [2.05, 4.69) is 0 Å². The Morgan fingerprint density at radius 1 is 1.59 bits per heavy atom. The zero-order valence-corrected chi connectivity index (χ0v) is 10.6. The van der Waals surface area contributed by atoms with E-state index < -0.39 is 0 Å². The van der Waals surface area contributed by atoms with Gasteiger partial charge in [0.1, 0.15) is 5.75 Å². The molecule has 0 bridgehead atoms. The van der Waals surface area contributed by atoms with Crippen LogP contribution in [-0.2, 0) is 0 Å². The summed E-state index contributed by atoms with van der Waals surface area (Å²) in [4.78, 5) is 14.1. The summed E-state index contributed by atoms with van der Waals surface area (Å²) >= 11 is 5.81. The molecule has 0 spiro atoms. The normalized spacial score (nSPS) is 19.4. The first-order valence-corrected chi connectivity index (χ1v) is 6.27. The predicted octanol–water partition coefficient (Wildman–Crippen LogP) is 2.40. The smallest absolute Gasteiger partial charge is 0.253 e. The molecule has 0 radical (unpaired) electrons. The molecule has 1 unspecified atom stereocenters. The Balaban J connectivity index is 2.09. The summed E-state index contributed by atoms with van der Waals surface area (Å²) in [7, 11) is 1.60. The fraction of sp³-hybridized carbons (Fsp3) is 0.462. The lowest BCUT2D eigenvalue weighted by Gasteiger charge is -2.16. The average Bonchev–Trinajstić information content (AvgIpc) is 2.86. The number of hydrogen-bond donors (Lipinski definition) is 0. The summed E-state index contributed by atoms with van der Waals surface area (Å²) in [5.74, 6) is 1.84. The maximum Gasteiger partial charge on any atom is 0.253 e. The first-order chi connectivity index (χ1) is 8.24. The first-order valence-electron chi connectivity index (χ1n) is 5.74. The minimum absolute atomic E-state index is 0.0662. The number of alkyl halides is 1. The quantitative estimate of drug-likeness (QED) is 0.775. The van der Waals surface area contributed by atoms with Gasteiger partial charge in [0.2, 0.25) is 0 Å². The molecular formula is C13H16ClNO2. The number of carbonyl (C=O) groups is 1. The molecule has 0 aliphatic carbocycles. The highest BCUT2D eigenvalue weighted by molar-refractivity contribution is 6.18. The number of likely N-dealkylation sites (tertiary alicyclic amines) is 1. The van der Waals surface area contributed by atoms with E-state index in [1.165, 1.54) is 0 Å². The van der Waals surface area contributed by atoms with Gasteiger partial charge in [0.05, 0.1) is 7.11 Å². The van der Waals surface area contributed by atoms with E-state index in [0.29, 0.717) is 23.1 Å². The number of nitrogens with zero attached hydrogens (tertiary/aromatic N) is 1. The van der Waals surface area contributed by atoms with Crippen LogP contribution >= 0.6 is 11.6 Å². The molecule has 1 amide bonds. The number of ether oxygens (including phenoxy) is 1. The van der Waals surface area contributed by atoms with Gasteiger partial charge in [-0.05, 0) is 30.5 Å². The third-order valence-electron chi connectivity index (χ3n) is 3.11. The molecule has 0 saturated carbocycles. The van der Waals surface area contributed by atoms with Gasteiger partial charge in [-0.1, -0.05) is 6.07 Å². The monoisotopic (exact) mass is 253 g/mol. The molecule has 1 aromatic rings. The van der Waals surface area contributed by atoms with Crippen LogP contribution in [0.3, 0.4) is 0 Å². The molecule has 1 aromatic carbocycles. The van der Waals surface area contributed by atoms with Crippen LogP contribution in [-0.4, -0.2) is 36.9 Å². The predicted molar refractivity (Wildman–Crippen MR) is 67.7 cm³/mol. The highest BCUT2D eigenvalue weighted by Gasteiger charge is 2.26. The fourth-order valence-corrected chi connectivity index (χ4v) is 2.33. The molecule has 1 saturated heterocycles. The van der Waals surface area contributed by atoms with Crippen molar-refractivity contribution in [1.29, 1.82) is 0 Å². The van der Waals surface area contributed by atoms with Crippen LogP contribution < -0.4 is 4.74 Å². The van der Waals surface area contributed by atoms with E-state index in [4.69, 9.17) is 16.3 Å². The Kier molecular flexibility index (Phi) is 3.89. The summed E-state index contributed by atoms with van der Waals surface area (Å²) in [6.07, 6.45) is 0.999. The molecule has 17 heavy (non-hydrogen) atoms. The number of rotatable bonds is 3. The van der Waals surface area contributed by atoms with Gasteiger partial charge in [0.15, 0.2) is 0 Å². The molecule has 0 N–H and O–H groups in total. The van der Waals surface area contributed by atoms with Crippen LogP contribution in [0.2, 0.25) is 0 Å². The van der Waals surface area contributed by atoms with Crippen molar-refractivity contribution < 1.29 is 9.53 Å². The van der Waals surface area contributed by atoms with Gasteiger partial charge >= 0.3 is 0 Å². The minimum atomic E-state index is 0.0662. The molecule has 4 heteroatoms. The molecule has 0 aromatic heterocycles. The van der Waals surface area contributed by atoms with Crippen LogP contribution in [0, 0.1) is 5.92 Å². The van der Waals surface area contributed by atoms with Crippen LogP contribution in [0.1, 0.15) is 16.8 Å². The minimum Gasteiger partial charge on any atom is -0.497 e. The molecule has 1 heterocycles. The number of amides is 1. The van der Waals surface area contributed by atoms with Gasteiger partial charge in [-0.3, -0.25) is 4.79 Å². The van der Waals surface area contributed by atoms with E-state index >= 15 is 0 Å². The largest absolute Gasteiger partial charge is 0.497 e. The molecule has 1 aliphatic rings. The number of benzene rings is 1. The van der Waals surface area contributed by atoms with Crippen molar-refractivity contribution in [2.75, 3.05) is 26.1 Å². The second-order valence-electron chi connectivity index (χ2n) is 4.29. The fourth-order valence-electron chi connectivity index (χ4n) is 2.08. The zero-order chi connectivity index (χ0) is 12.3. The number of carbonyl (C=O) groups excluding carboxylic acids is 1. The van der Waals surface area contributed by atoms with Crippen molar-refractivity contribution in [3.8, 4) is 5.75 Å².